The lowest BCUT2D eigenvalue weighted by atomic mass is 10.2. The molecule has 0 aliphatic heterocycles. The highest BCUT2D eigenvalue weighted by Crippen LogP contribution is 2.26. The van der Waals surface area contributed by atoms with Gasteiger partial charge in [-0.2, -0.15) is 16.4 Å². The monoisotopic (exact) mass is 356 g/mol. The largest absolute Gasteiger partial charge is 0.455 e. The van der Waals surface area contributed by atoms with Crippen LogP contribution in [0.4, 0.5) is 0 Å². The van der Waals surface area contributed by atoms with E-state index >= 15 is 0 Å². The van der Waals surface area contributed by atoms with Crippen LogP contribution in [0.5, 0.6) is 0 Å². The van der Waals surface area contributed by atoms with Gasteiger partial charge in [0.25, 0.3) is 0 Å². The van der Waals surface area contributed by atoms with Gasteiger partial charge in [0.2, 0.25) is 0 Å². The van der Waals surface area contributed by atoms with Gasteiger partial charge in [-0.25, -0.2) is 19.3 Å². The van der Waals surface area contributed by atoms with E-state index < -0.39 is 5.97 Å². The third-order valence-corrected chi connectivity index (χ3v) is 5.07. The highest BCUT2D eigenvalue weighted by molar-refractivity contribution is 7.14. The number of esters is 1. The van der Waals surface area contributed by atoms with Gasteiger partial charge in [-0.3, -0.25) is 0 Å². The smallest absolute Gasteiger partial charge is 0.344 e. The molecular weight excluding hydrogens is 344 g/mol. The van der Waals surface area contributed by atoms with Crippen molar-refractivity contribution in [3.63, 3.8) is 0 Å². The molecule has 24 heavy (non-hydrogen) atoms. The molecule has 0 bridgehead atoms. The van der Waals surface area contributed by atoms with Crippen molar-refractivity contribution in [2.45, 2.75) is 13.5 Å². The molecule has 120 valence electrons. The summed E-state index contributed by atoms with van der Waals surface area (Å²) in [5.41, 5.74) is 3.30. The number of aryl methyl sites for hydroxylation is 1. The maximum atomic E-state index is 12.4. The fourth-order valence-corrected chi connectivity index (χ4v) is 3.86. The Bertz CT molecular complexity index is 1000. The van der Waals surface area contributed by atoms with Crippen LogP contribution >= 0.6 is 22.7 Å². The molecule has 0 N–H and O–H groups in total. The minimum absolute atomic E-state index is 0.128. The first-order chi connectivity index (χ1) is 11.7. The molecule has 0 saturated heterocycles. The number of hydrogen-bond acceptors (Lipinski definition) is 7. The van der Waals surface area contributed by atoms with Crippen LogP contribution in [0.1, 0.15) is 21.7 Å². The number of rotatable bonds is 4. The second-order valence-electron chi connectivity index (χ2n) is 5.08. The standard InChI is InChI=1S/C16H12N4O2S2/c1-10-13(14-17-4-2-5-20(14)19-10)16(21)22-7-12-9-24-15(18-12)11-3-6-23-8-11/h2-6,8-9H,7H2,1H3. The number of hydrogen-bond donors (Lipinski definition) is 0. The molecule has 0 unspecified atom stereocenters. The highest BCUT2D eigenvalue weighted by atomic mass is 32.1. The van der Waals surface area contributed by atoms with Crippen molar-refractivity contribution in [3.05, 3.63) is 57.6 Å². The zero-order valence-electron chi connectivity index (χ0n) is 12.7. The van der Waals surface area contributed by atoms with Gasteiger partial charge in [0, 0.05) is 28.7 Å². The Kier molecular flexibility index (Phi) is 3.83. The molecule has 0 saturated carbocycles. The highest BCUT2D eigenvalue weighted by Gasteiger charge is 2.20. The fourth-order valence-electron chi connectivity index (χ4n) is 2.34. The first-order valence-corrected chi connectivity index (χ1v) is 8.98. The van der Waals surface area contributed by atoms with E-state index in [1.54, 1.807) is 41.2 Å². The lowest BCUT2D eigenvalue weighted by Gasteiger charge is -2.02. The maximum Gasteiger partial charge on any atom is 0.344 e. The molecule has 0 radical (unpaired) electrons. The Morgan fingerprint density at radius 2 is 2.29 bits per heavy atom. The second kappa shape index (κ2) is 6.14. The van der Waals surface area contributed by atoms with Crippen molar-refractivity contribution in [2.75, 3.05) is 0 Å². The molecule has 6 nitrogen and oxygen atoms in total. The van der Waals surface area contributed by atoms with Crippen LogP contribution in [0.3, 0.4) is 0 Å². The fraction of sp³-hybridized carbons (Fsp3) is 0.125. The molecule has 0 amide bonds. The van der Waals surface area contributed by atoms with Gasteiger partial charge >= 0.3 is 5.97 Å². The van der Waals surface area contributed by atoms with E-state index in [0.717, 1.165) is 16.3 Å². The topological polar surface area (TPSA) is 69.4 Å². The van der Waals surface area contributed by atoms with E-state index in [9.17, 15) is 4.79 Å². The van der Waals surface area contributed by atoms with Crippen LogP contribution < -0.4 is 0 Å². The summed E-state index contributed by atoms with van der Waals surface area (Å²) in [4.78, 5) is 21.1. The SMILES string of the molecule is Cc1nn2cccnc2c1C(=O)OCc1csc(-c2ccsc2)n1. The minimum Gasteiger partial charge on any atom is -0.455 e. The van der Waals surface area contributed by atoms with Gasteiger partial charge in [-0.1, -0.05) is 0 Å². The first-order valence-electron chi connectivity index (χ1n) is 7.16. The molecule has 0 fully saturated rings. The Morgan fingerprint density at radius 3 is 3.12 bits per heavy atom. The lowest BCUT2D eigenvalue weighted by Crippen LogP contribution is -2.07. The van der Waals surface area contributed by atoms with Gasteiger partial charge in [-0.15, -0.1) is 11.3 Å². The van der Waals surface area contributed by atoms with Gasteiger partial charge in [0.1, 0.15) is 17.2 Å². The number of ether oxygens (including phenoxy) is 1. The maximum absolute atomic E-state index is 12.4. The van der Waals surface area contributed by atoms with Gasteiger partial charge < -0.3 is 4.74 Å². The normalized spacial score (nSPS) is 11.0. The van der Waals surface area contributed by atoms with Crippen LogP contribution in [0.2, 0.25) is 0 Å². The van der Waals surface area contributed by atoms with E-state index in [2.05, 4.69) is 15.1 Å². The summed E-state index contributed by atoms with van der Waals surface area (Å²) in [5, 5.41) is 11.2. The molecule has 4 heterocycles. The van der Waals surface area contributed by atoms with Crippen LogP contribution in [-0.2, 0) is 11.3 Å². The third kappa shape index (κ3) is 2.70. The Labute approximate surface area is 145 Å². The van der Waals surface area contributed by atoms with Crippen LogP contribution in [0.15, 0.2) is 40.7 Å². The van der Waals surface area contributed by atoms with Crippen molar-refractivity contribution in [3.8, 4) is 10.6 Å². The van der Waals surface area contributed by atoms with E-state index in [4.69, 9.17) is 4.74 Å². The Balaban J connectivity index is 1.51. The molecule has 4 aromatic rings. The summed E-state index contributed by atoms with van der Waals surface area (Å²) in [7, 11) is 0. The first kappa shape index (κ1) is 15.0. The molecular formula is C16H12N4O2S2. The molecule has 4 rings (SSSR count). The van der Waals surface area contributed by atoms with E-state index in [-0.39, 0.29) is 6.61 Å². The van der Waals surface area contributed by atoms with Crippen molar-refractivity contribution in [1.29, 1.82) is 0 Å². The molecule has 0 atom stereocenters. The Hall–Kier alpha value is -2.58. The summed E-state index contributed by atoms with van der Waals surface area (Å²) in [6, 6.07) is 3.78. The van der Waals surface area contributed by atoms with Crippen molar-refractivity contribution in [1.82, 2.24) is 19.6 Å². The summed E-state index contributed by atoms with van der Waals surface area (Å²) >= 11 is 3.17. The summed E-state index contributed by atoms with van der Waals surface area (Å²) in [6.45, 7) is 1.89. The van der Waals surface area contributed by atoms with E-state index in [1.807, 2.05) is 22.2 Å². The van der Waals surface area contributed by atoms with Crippen LogP contribution in [0.25, 0.3) is 16.2 Å². The predicted octanol–water partition coefficient (Wildman–Crippen LogP) is 3.58. The van der Waals surface area contributed by atoms with Gasteiger partial charge in [-0.05, 0) is 24.4 Å². The van der Waals surface area contributed by atoms with Crippen molar-refractivity contribution < 1.29 is 9.53 Å². The van der Waals surface area contributed by atoms with E-state index in [1.165, 1.54) is 11.3 Å². The summed E-state index contributed by atoms with van der Waals surface area (Å²) < 4.78 is 6.98. The molecule has 0 aliphatic rings. The number of carbonyl (C=O) groups is 1. The number of thiophene rings is 1. The second-order valence-corrected chi connectivity index (χ2v) is 6.72. The molecule has 8 heteroatoms. The van der Waals surface area contributed by atoms with Gasteiger partial charge in [0.15, 0.2) is 5.65 Å². The summed E-state index contributed by atoms with van der Waals surface area (Å²) in [5.74, 6) is -0.439. The molecule has 0 spiro atoms. The average molecular weight is 356 g/mol. The molecule has 4 aromatic heterocycles. The lowest BCUT2D eigenvalue weighted by molar-refractivity contribution is 0.0469. The molecule has 0 aliphatic carbocycles. The number of fused-ring (bicyclic) bond motifs is 1. The average Bonchev–Trinajstić information content (AvgIpc) is 3.31. The third-order valence-electron chi connectivity index (χ3n) is 3.45. The minimum atomic E-state index is -0.439. The number of carbonyl (C=O) groups excluding carboxylic acids is 1. The summed E-state index contributed by atoms with van der Waals surface area (Å²) in [6.07, 6.45) is 3.38. The van der Waals surface area contributed by atoms with Crippen LogP contribution in [0, 0.1) is 6.92 Å². The zero-order chi connectivity index (χ0) is 16.5. The quantitative estimate of drug-likeness (QED) is 0.523. The number of nitrogens with zero attached hydrogens (tertiary/aromatic N) is 4. The molecule has 0 aromatic carbocycles. The van der Waals surface area contributed by atoms with Crippen LogP contribution in [-0.4, -0.2) is 25.6 Å². The number of aromatic nitrogens is 4. The van der Waals surface area contributed by atoms with Crippen molar-refractivity contribution >= 4 is 34.3 Å². The zero-order valence-corrected chi connectivity index (χ0v) is 14.3. The van der Waals surface area contributed by atoms with Gasteiger partial charge in [0.05, 0.1) is 11.4 Å². The number of thiazole rings is 1. The Morgan fingerprint density at radius 1 is 1.38 bits per heavy atom. The van der Waals surface area contributed by atoms with Crippen molar-refractivity contribution in [2.24, 2.45) is 0 Å². The predicted molar refractivity (Wildman–Crippen MR) is 92.3 cm³/mol. The van der Waals surface area contributed by atoms with E-state index in [0.29, 0.717) is 16.9 Å².